The molecule has 0 radical (unpaired) electrons. The Bertz CT molecular complexity index is 432. The number of rotatable bonds is 2. The monoisotopic (exact) mass is 245 g/mol. The van der Waals surface area contributed by atoms with E-state index in [1.165, 1.54) is 6.20 Å². The van der Waals surface area contributed by atoms with Gasteiger partial charge < -0.3 is 9.63 Å². The van der Waals surface area contributed by atoms with Crippen LogP contribution in [0.15, 0.2) is 10.7 Å². The first-order valence-electron chi connectivity index (χ1n) is 5.40. The van der Waals surface area contributed by atoms with Gasteiger partial charge in [-0.1, -0.05) is 5.16 Å². The van der Waals surface area contributed by atoms with Crippen LogP contribution in [0.25, 0.3) is 0 Å². The minimum absolute atomic E-state index is 0.0859. The lowest BCUT2D eigenvalue weighted by molar-refractivity contribution is -0.149. The molecule has 94 valence electrons. The first kappa shape index (κ1) is 12.0. The lowest BCUT2D eigenvalue weighted by Gasteiger charge is -2.36. The zero-order chi connectivity index (χ0) is 12.7. The molecule has 0 aliphatic heterocycles. The molecular formula is C11H13F2NO3. The minimum Gasteiger partial charge on any atom is -0.481 e. The minimum atomic E-state index is -2.76. The van der Waals surface area contributed by atoms with Crippen molar-refractivity contribution in [2.45, 2.75) is 43.9 Å². The molecular weight excluding hydrogens is 232 g/mol. The van der Waals surface area contributed by atoms with Gasteiger partial charge in [-0.15, -0.1) is 0 Å². The van der Waals surface area contributed by atoms with Gasteiger partial charge >= 0.3 is 5.97 Å². The van der Waals surface area contributed by atoms with Crippen molar-refractivity contribution in [1.82, 2.24) is 5.16 Å². The van der Waals surface area contributed by atoms with Gasteiger partial charge in [0, 0.05) is 18.4 Å². The summed E-state index contributed by atoms with van der Waals surface area (Å²) in [5, 5.41) is 12.9. The van der Waals surface area contributed by atoms with Crippen LogP contribution in [0, 0.1) is 6.92 Å². The molecule has 1 aliphatic rings. The molecule has 1 saturated carbocycles. The van der Waals surface area contributed by atoms with E-state index in [1.807, 2.05) is 0 Å². The number of aryl methyl sites for hydroxylation is 1. The number of carboxylic acid groups (broad SMARTS) is 1. The zero-order valence-corrected chi connectivity index (χ0v) is 9.37. The van der Waals surface area contributed by atoms with Crippen molar-refractivity contribution >= 4 is 5.97 Å². The summed E-state index contributed by atoms with van der Waals surface area (Å²) >= 11 is 0. The number of aliphatic carboxylic acids is 1. The molecule has 0 amide bonds. The van der Waals surface area contributed by atoms with E-state index in [2.05, 4.69) is 5.16 Å². The fourth-order valence-electron chi connectivity index (χ4n) is 2.40. The van der Waals surface area contributed by atoms with Crippen molar-refractivity contribution in [3.63, 3.8) is 0 Å². The third-order valence-electron chi connectivity index (χ3n) is 3.51. The van der Waals surface area contributed by atoms with Gasteiger partial charge in [0.2, 0.25) is 5.92 Å². The number of carbonyl (C=O) groups is 1. The van der Waals surface area contributed by atoms with E-state index in [-0.39, 0.29) is 12.8 Å². The third kappa shape index (κ3) is 1.92. The highest BCUT2D eigenvalue weighted by Crippen LogP contribution is 2.46. The SMILES string of the molecule is Cc1oncc1C1(C(=O)O)CCC(F)(F)CC1. The maximum absolute atomic E-state index is 13.1. The van der Waals surface area contributed by atoms with Crippen molar-refractivity contribution < 1.29 is 23.2 Å². The highest BCUT2D eigenvalue weighted by Gasteiger charge is 2.50. The Kier molecular flexibility index (Phi) is 2.67. The van der Waals surface area contributed by atoms with Crippen LogP contribution in [0.3, 0.4) is 0 Å². The van der Waals surface area contributed by atoms with Crippen LogP contribution < -0.4 is 0 Å². The zero-order valence-electron chi connectivity index (χ0n) is 9.37. The molecule has 1 heterocycles. The average molecular weight is 245 g/mol. The van der Waals surface area contributed by atoms with Gasteiger partial charge in [-0.05, 0) is 19.8 Å². The lowest BCUT2D eigenvalue weighted by Crippen LogP contribution is -2.42. The number of nitrogens with zero attached hydrogens (tertiary/aromatic N) is 1. The lowest BCUT2D eigenvalue weighted by atomic mass is 9.68. The van der Waals surface area contributed by atoms with E-state index in [0.29, 0.717) is 11.3 Å². The topological polar surface area (TPSA) is 63.3 Å². The summed E-state index contributed by atoms with van der Waals surface area (Å²) < 4.78 is 31.1. The number of hydrogen-bond donors (Lipinski definition) is 1. The van der Waals surface area contributed by atoms with Crippen LogP contribution in [0.2, 0.25) is 0 Å². The molecule has 0 saturated heterocycles. The molecule has 1 aliphatic carbocycles. The molecule has 1 aromatic heterocycles. The molecule has 1 N–H and O–H groups in total. The molecule has 0 spiro atoms. The second kappa shape index (κ2) is 3.78. The number of halogens is 2. The van der Waals surface area contributed by atoms with Crippen LogP contribution in [0.5, 0.6) is 0 Å². The normalized spacial score (nSPS) is 22.3. The van der Waals surface area contributed by atoms with Crippen LogP contribution >= 0.6 is 0 Å². The molecule has 1 aromatic rings. The molecule has 0 atom stereocenters. The van der Waals surface area contributed by atoms with Gasteiger partial charge in [-0.3, -0.25) is 4.79 Å². The smallest absolute Gasteiger partial charge is 0.314 e. The number of carboxylic acids is 1. The van der Waals surface area contributed by atoms with E-state index in [9.17, 15) is 18.7 Å². The maximum Gasteiger partial charge on any atom is 0.314 e. The predicted octanol–water partition coefficient (Wildman–Crippen LogP) is 2.51. The Morgan fingerprint density at radius 3 is 2.41 bits per heavy atom. The standard InChI is InChI=1S/C11H13F2NO3/c1-7-8(6-14-17-7)10(9(15)16)2-4-11(12,13)5-3-10/h6H,2-5H2,1H3,(H,15,16). The first-order valence-corrected chi connectivity index (χ1v) is 5.40. The molecule has 6 heteroatoms. The first-order chi connectivity index (χ1) is 7.87. The number of aromatic nitrogens is 1. The molecule has 0 bridgehead atoms. The molecule has 1 fully saturated rings. The van der Waals surface area contributed by atoms with Gasteiger partial charge in [-0.25, -0.2) is 8.78 Å². The Morgan fingerprint density at radius 1 is 1.41 bits per heavy atom. The van der Waals surface area contributed by atoms with E-state index in [1.54, 1.807) is 6.92 Å². The van der Waals surface area contributed by atoms with Crippen molar-refractivity contribution in [2.24, 2.45) is 0 Å². The van der Waals surface area contributed by atoms with Crippen molar-refractivity contribution in [2.75, 3.05) is 0 Å². The van der Waals surface area contributed by atoms with Crippen LogP contribution in [-0.2, 0) is 10.2 Å². The Morgan fingerprint density at radius 2 is 2.00 bits per heavy atom. The predicted molar refractivity (Wildman–Crippen MR) is 54.0 cm³/mol. The van der Waals surface area contributed by atoms with E-state index in [0.717, 1.165) is 0 Å². The average Bonchev–Trinajstić information content (AvgIpc) is 2.65. The van der Waals surface area contributed by atoms with Crippen molar-refractivity contribution in [3.05, 3.63) is 17.5 Å². The van der Waals surface area contributed by atoms with Gasteiger partial charge in [0.25, 0.3) is 0 Å². The highest BCUT2D eigenvalue weighted by molar-refractivity contribution is 5.81. The summed E-state index contributed by atoms with van der Waals surface area (Å²) in [4.78, 5) is 11.4. The Hall–Kier alpha value is -1.46. The molecule has 2 rings (SSSR count). The largest absolute Gasteiger partial charge is 0.481 e. The van der Waals surface area contributed by atoms with Gasteiger partial charge in [0.15, 0.2) is 0 Å². The van der Waals surface area contributed by atoms with Gasteiger partial charge in [-0.2, -0.15) is 0 Å². The van der Waals surface area contributed by atoms with Crippen molar-refractivity contribution in [3.8, 4) is 0 Å². The fraction of sp³-hybridized carbons (Fsp3) is 0.636. The van der Waals surface area contributed by atoms with Crippen LogP contribution in [0.4, 0.5) is 8.78 Å². The van der Waals surface area contributed by atoms with Crippen LogP contribution in [-0.4, -0.2) is 22.2 Å². The fourth-order valence-corrected chi connectivity index (χ4v) is 2.40. The van der Waals surface area contributed by atoms with E-state index >= 15 is 0 Å². The summed E-state index contributed by atoms with van der Waals surface area (Å²) in [7, 11) is 0. The highest BCUT2D eigenvalue weighted by atomic mass is 19.3. The Labute approximate surface area is 96.6 Å². The third-order valence-corrected chi connectivity index (χ3v) is 3.51. The van der Waals surface area contributed by atoms with Crippen LogP contribution in [0.1, 0.15) is 37.0 Å². The second-order valence-corrected chi connectivity index (χ2v) is 4.54. The van der Waals surface area contributed by atoms with Gasteiger partial charge in [0.05, 0.1) is 11.6 Å². The van der Waals surface area contributed by atoms with Crippen molar-refractivity contribution in [1.29, 1.82) is 0 Å². The van der Waals surface area contributed by atoms with E-state index in [4.69, 9.17) is 4.52 Å². The summed E-state index contributed by atoms with van der Waals surface area (Å²) in [5.74, 6) is -3.46. The maximum atomic E-state index is 13.1. The molecule has 4 nitrogen and oxygen atoms in total. The summed E-state index contributed by atoms with van der Waals surface area (Å²) in [6.45, 7) is 1.60. The molecule has 0 unspecified atom stereocenters. The van der Waals surface area contributed by atoms with E-state index < -0.39 is 30.1 Å². The second-order valence-electron chi connectivity index (χ2n) is 4.54. The molecule has 17 heavy (non-hydrogen) atoms. The number of hydrogen-bond acceptors (Lipinski definition) is 3. The summed E-state index contributed by atoms with van der Waals surface area (Å²) in [6, 6.07) is 0. The summed E-state index contributed by atoms with van der Waals surface area (Å²) in [5.41, 5.74) is -0.855. The van der Waals surface area contributed by atoms with Gasteiger partial charge in [0.1, 0.15) is 5.76 Å². The molecule has 0 aromatic carbocycles. The summed E-state index contributed by atoms with van der Waals surface area (Å²) in [6.07, 6.45) is 0.329. The quantitative estimate of drug-likeness (QED) is 0.869. The number of alkyl halides is 2. The Balaban J connectivity index is 2.37.